The molecule has 0 saturated heterocycles. The molecule has 2 unspecified atom stereocenters. The number of anilines is 1. The van der Waals surface area contributed by atoms with Crippen molar-refractivity contribution in [2.75, 3.05) is 5.32 Å². The molecule has 3 rings (SSSR count). The number of nitrogens with zero attached hydrogens (tertiary/aromatic N) is 2. The lowest BCUT2D eigenvalue weighted by atomic mass is 9.64. The number of aromatic nitrogens is 1. The highest BCUT2D eigenvalue weighted by molar-refractivity contribution is 5.97. The van der Waals surface area contributed by atoms with E-state index in [1.165, 1.54) is 6.07 Å². The van der Waals surface area contributed by atoms with Crippen LogP contribution in [-0.2, 0) is 0 Å². The van der Waals surface area contributed by atoms with Crippen LogP contribution in [0.4, 0.5) is 11.4 Å². The first-order valence-electron chi connectivity index (χ1n) is 6.88. The second kappa shape index (κ2) is 4.66. The average Bonchev–Trinajstić information content (AvgIpc) is 2.46. The minimum atomic E-state index is -0.420. The largest absolute Gasteiger partial charge is 0.392 e. The van der Waals surface area contributed by atoms with Crippen molar-refractivity contribution in [3.63, 3.8) is 0 Å². The number of hydrogen-bond acceptors (Lipinski definition) is 5. The van der Waals surface area contributed by atoms with Crippen molar-refractivity contribution in [3.05, 3.63) is 40.6 Å². The van der Waals surface area contributed by atoms with Crippen molar-refractivity contribution >= 4 is 22.3 Å². The molecule has 1 fully saturated rings. The summed E-state index contributed by atoms with van der Waals surface area (Å²) in [5.74, 6) is 0. The van der Waals surface area contributed by atoms with Crippen LogP contribution in [0.3, 0.4) is 0 Å². The molecule has 1 heterocycles. The van der Waals surface area contributed by atoms with E-state index in [1.807, 2.05) is 19.9 Å². The van der Waals surface area contributed by atoms with E-state index in [-0.39, 0.29) is 23.2 Å². The van der Waals surface area contributed by atoms with E-state index in [1.54, 1.807) is 18.3 Å². The zero-order valence-corrected chi connectivity index (χ0v) is 11.9. The first-order chi connectivity index (χ1) is 9.91. The van der Waals surface area contributed by atoms with Crippen LogP contribution in [0.2, 0.25) is 0 Å². The lowest BCUT2D eigenvalue weighted by Crippen LogP contribution is -2.56. The Balaban J connectivity index is 2.01. The van der Waals surface area contributed by atoms with E-state index in [9.17, 15) is 15.2 Å². The highest BCUT2D eigenvalue weighted by atomic mass is 16.6. The molecule has 0 radical (unpaired) electrons. The molecule has 0 bridgehead atoms. The summed E-state index contributed by atoms with van der Waals surface area (Å²) in [6.45, 7) is 4.01. The van der Waals surface area contributed by atoms with Crippen molar-refractivity contribution in [2.24, 2.45) is 5.41 Å². The molecule has 6 nitrogen and oxygen atoms in total. The molecule has 1 aromatic heterocycles. The highest BCUT2D eigenvalue weighted by Crippen LogP contribution is 2.43. The van der Waals surface area contributed by atoms with Crippen molar-refractivity contribution in [2.45, 2.75) is 32.4 Å². The predicted molar refractivity (Wildman–Crippen MR) is 80.2 cm³/mol. The van der Waals surface area contributed by atoms with Crippen LogP contribution >= 0.6 is 0 Å². The maximum Gasteiger partial charge on any atom is 0.295 e. The average molecular weight is 287 g/mol. The molecule has 0 aliphatic heterocycles. The summed E-state index contributed by atoms with van der Waals surface area (Å²) in [4.78, 5) is 14.8. The molecular weight excluding hydrogens is 270 g/mol. The van der Waals surface area contributed by atoms with Gasteiger partial charge >= 0.3 is 0 Å². The monoisotopic (exact) mass is 287 g/mol. The van der Waals surface area contributed by atoms with Crippen LogP contribution in [0.1, 0.15) is 20.3 Å². The maximum atomic E-state index is 11.1. The van der Waals surface area contributed by atoms with Gasteiger partial charge in [0.15, 0.2) is 0 Å². The normalized spacial score (nSPS) is 23.6. The van der Waals surface area contributed by atoms with Crippen molar-refractivity contribution < 1.29 is 10.0 Å². The fourth-order valence-electron chi connectivity index (χ4n) is 2.77. The summed E-state index contributed by atoms with van der Waals surface area (Å²) in [6, 6.07) is 6.90. The van der Waals surface area contributed by atoms with E-state index in [0.29, 0.717) is 11.9 Å². The third-order valence-electron chi connectivity index (χ3n) is 4.49. The van der Waals surface area contributed by atoms with E-state index in [2.05, 4.69) is 10.3 Å². The Hall–Kier alpha value is -2.21. The van der Waals surface area contributed by atoms with Crippen LogP contribution in [0, 0.1) is 15.5 Å². The molecule has 0 spiro atoms. The van der Waals surface area contributed by atoms with Gasteiger partial charge < -0.3 is 10.4 Å². The fraction of sp³-hybridized carbons (Fsp3) is 0.400. The lowest BCUT2D eigenvalue weighted by Gasteiger charge is -2.50. The standard InChI is InChI=1S/C15H17N3O3/c1-15(2)12(8-13(15)19)17-10-5-6-11(18(20)21)14-9(10)4-3-7-16-14/h3-7,12-13,17,19H,8H2,1-2H3. The van der Waals surface area contributed by atoms with Crippen LogP contribution < -0.4 is 5.32 Å². The molecule has 110 valence electrons. The number of aliphatic hydroxyl groups is 1. The molecule has 1 aliphatic rings. The number of benzene rings is 1. The topological polar surface area (TPSA) is 88.3 Å². The summed E-state index contributed by atoms with van der Waals surface area (Å²) in [7, 11) is 0. The number of aliphatic hydroxyl groups excluding tert-OH is 1. The predicted octanol–water partition coefficient (Wildman–Crippen LogP) is 2.71. The second-order valence-electron chi connectivity index (χ2n) is 6.06. The van der Waals surface area contributed by atoms with Crippen LogP contribution in [-0.4, -0.2) is 27.2 Å². The Morgan fingerprint density at radius 1 is 1.43 bits per heavy atom. The van der Waals surface area contributed by atoms with Crippen molar-refractivity contribution in [1.82, 2.24) is 4.98 Å². The molecule has 2 aromatic rings. The summed E-state index contributed by atoms with van der Waals surface area (Å²) in [5, 5.41) is 25.0. The number of fused-ring (bicyclic) bond motifs is 1. The Bertz CT molecular complexity index is 714. The minimum Gasteiger partial charge on any atom is -0.392 e. The Morgan fingerprint density at radius 3 is 2.81 bits per heavy atom. The summed E-state index contributed by atoms with van der Waals surface area (Å²) in [6.07, 6.45) is 1.90. The molecular formula is C15H17N3O3. The molecule has 6 heteroatoms. The van der Waals surface area contributed by atoms with E-state index in [0.717, 1.165) is 11.1 Å². The van der Waals surface area contributed by atoms with E-state index in [4.69, 9.17) is 0 Å². The number of pyridine rings is 1. The maximum absolute atomic E-state index is 11.1. The molecule has 0 amide bonds. The highest BCUT2D eigenvalue weighted by Gasteiger charge is 2.47. The van der Waals surface area contributed by atoms with Gasteiger partial charge in [-0.3, -0.25) is 10.1 Å². The van der Waals surface area contributed by atoms with Crippen molar-refractivity contribution in [1.29, 1.82) is 0 Å². The molecule has 1 aliphatic carbocycles. The summed E-state index contributed by atoms with van der Waals surface area (Å²) >= 11 is 0. The van der Waals surface area contributed by atoms with Gasteiger partial charge in [0.05, 0.1) is 11.0 Å². The van der Waals surface area contributed by atoms with Gasteiger partial charge in [-0.2, -0.15) is 0 Å². The third kappa shape index (κ3) is 2.12. The van der Waals surface area contributed by atoms with Gasteiger partial charge in [0.1, 0.15) is 5.52 Å². The van der Waals surface area contributed by atoms with E-state index < -0.39 is 4.92 Å². The SMILES string of the molecule is CC1(C)C(O)CC1Nc1ccc([N+](=O)[O-])c2ncccc12. The second-order valence-corrected chi connectivity index (χ2v) is 6.06. The first-order valence-corrected chi connectivity index (χ1v) is 6.88. The van der Waals surface area contributed by atoms with Gasteiger partial charge in [0, 0.05) is 34.8 Å². The number of nitro groups is 1. The Morgan fingerprint density at radius 2 is 2.19 bits per heavy atom. The summed E-state index contributed by atoms with van der Waals surface area (Å²) in [5.41, 5.74) is 0.985. The Kier molecular flexibility index (Phi) is 3.06. The van der Waals surface area contributed by atoms with Crippen LogP contribution in [0.25, 0.3) is 10.9 Å². The quantitative estimate of drug-likeness (QED) is 0.669. The molecule has 2 atom stereocenters. The molecule has 1 saturated carbocycles. The van der Waals surface area contributed by atoms with Crippen LogP contribution in [0.15, 0.2) is 30.5 Å². The van der Waals surface area contributed by atoms with Crippen molar-refractivity contribution in [3.8, 4) is 0 Å². The van der Waals surface area contributed by atoms with Gasteiger partial charge in [-0.1, -0.05) is 13.8 Å². The number of rotatable bonds is 3. The van der Waals surface area contributed by atoms with Gasteiger partial charge in [0.25, 0.3) is 5.69 Å². The van der Waals surface area contributed by atoms with Crippen LogP contribution in [0.5, 0.6) is 0 Å². The molecule has 21 heavy (non-hydrogen) atoms. The first kappa shape index (κ1) is 13.8. The number of non-ortho nitro benzene ring substituents is 1. The lowest BCUT2D eigenvalue weighted by molar-refractivity contribution is -0.383. The molecule has 2 N–H and O–H groups in total. The Labute approximate surface area is 122 Å². The van der Waals surface area contributed by atoms with E-state index >= 15 is 0 Å². The number of nitrogens with one attached hydrogen (secondary N) is 1. The van der Waals surface area contributed by atoms with Gasteiger partial charge in [-0.25, -0.2) is 4.98 Å². The minimum absolute atomic E-state index is 0.00375. The number of nitro benzene ring substituents is 1. The smallest absolute Gasteiger partial charge is 0.295 e. The van der Waals surface area contributed by atoms with Gasteiger partial charge in [-0.15, -0.1) is 0 Å². The third-order valence-corrected chi connectivity index (χ3v) is 4.49. The van der Waals surface area contributed by atoms with Gasteiger partial charge in [0.2, 0.25) is 0 Å². The summed E-state index contributed by atoms with van der Waals surface area (Å²) < 4.78 is 0. The number of hydrogen-bond donors (Lipinski definition) is 2. The fourth-order valence-corrected chi connectivity index (χ4v) is 2.77. The zero-order valence-electron chi connectivity index (χ0n) is 11.9. The van der Waals surface area contributed by atoms with Gasteiger partial charge in [-0.05, 0) is 24.6 Å². The molecule has 1 aromatic carbocycles. The zero-order chi connectivity index (χ0) is 15.2.